The third-order valence-corrected chi connectivity index (χ3v) is 1.65. The Balaban J connectivity index is 3.52. The lowest BCUT2D eigenvalue weighted by Crippen LogP contribution is -2.24. The van der Waals surface area contributed by atoms with Crippen LogP contribution in [0, 0.1) is 5.92 Å². The SMILES string of the molecule is CCC(C)CC(=O)NCN=C=O. The van der Waals surface area contributed by atoms with Crippen LogP contribution in [0.5, 0.6) is 0 Å². The Kier molecular flexibility index (Phi) is 5.93. The van der Waals surface area contributed by atoms with Crippen molar-refractivity contribution in [1.29, 1.82) is 0 Å². The van der Waals surface area contributed by atoms with Crippen molar-refractivity contribution in [3.05, 3.63) is 0 Å². The molecule has 0 saturated heterocycles. The van der Waals surface area contributed by atoms with E-state index in [1.54, 1.807) is 0 Å². The van der Waals surface area contributed by atoms with E-state index in [1.165, 1.54) is 6.08 Å². The average Bonchev–Trinajstić information content (AvgIpc) is 2.05. The number of isocyanates is 1. The smallest absolute Gasteiger partial charge is 0.236 e. The number of hydrogen-bond acceptors (Lipinski definition) is 3. The van der Waals surface area contributed by atoms with Gasteiger partial charge in [-0.25, -0.2) is 4.79 Å². The molecule has 0 aliphatic carbocycles. The van der Waals surface area contributed by atoms with E-state index in [9.17, 15) is 9.59 Å². The number of aliphatic imine (C=N–C) groups is 1. The summed E-state index contributed by atoms with van der Waals surface area (Å²) in [6, 6.07) is 0. The summed E-state index contributed by atoms with van der Waals surface area (Å²) in [7, 11) is 0. The molecule has 1 atom stereocenters. The summed E-state index contributed by atoms with van der Waals surface area (Å²) in [5.74, 6) is 0.313. The Hall–Kier alpha value is -1.15. The van der Waals surface area contributed by atoms with Crippen LogP contribution < -0.4 is 5.32 Å². The summed E-state index contributed by atoms with van der Waals surface area (Å²) < 4.78 is 0. The van der Waals surface area contributed by atoms with Gasteiger partial charge in [-0.05, 0) is 5.92 Å². The zero-order valence-corrected chi connectivity index (χ0v) is 7.46. The number of hydrogen-bond donors (Lipinski definition) is 1. The predicted octanol–water partition coefficient (Wildman–Crippen LogP) is 0.832. The average molecular weight is 170 g/mol. The van der Waals surface area contributed by atoms with Gasteiger partial charge in [-0.2, -0.15) is 4.99 Å². The highest BCUT2D eigenvalue weighted by Gasteiger charge is 2.05. The summed E-state index contributed by atoms with van der Waals surface area (Å²) in [6.45, 7) is 4.07. The molecule has 0 rings (SSSR count). The monoisotopic (exact) mass is 170 g/mol. The summed E-state index contributed by atoms with van der Waals surface area (Å²) in [4.78, 5) is 23.8. The Morgan fingerprint density at radius 3 is 2.83 bits per heavy atom. The van der Waals surface area contributed by atoms with Crippen LogP contribution in [0.15, 0.2) is 4.99 Å². The molecule has 1 amide bonds. The normalized spacial score (nSPS) is 11.5. The van der Waals surface area contributed by atoms with E-state index in [0.29, 0.717) is 12.3 Å². The van der Waals surface area contributed by atoms with Crippen LogP contribution in [0.25, 0.3) is 0 Å². The van der Waals surface area contributed by atoms with Crippen LogP contribution in [0.2, 0.25) is 0 Å². The molecule has 0 radical (unpaired) electrons. The first-order valence-corrected chi connectivity index (χ1v) is 4.01. The molecule has 0 aromatic heterocycles. The van der Waals surface area contributed by atoms with Gasteiger partial charge < -0.3 is 5.32 Å². The third-order valence-electron chi connectivity index (χ3n) is 1.65. The first-order valence-electron chi connectivity index (χ1n) is 4.01. The number of carbonyl (C=O) groups is 1. The Morgan fingerprint density at radius 1 is 1.67 bits per heavy atom. The molecular weight excluding hydrogens is 156 g/mol. The molecule has 0 aliphatic rings. The number of nitrogens with one attached hydrogen (secondary N) is 1. The quantitative estimate of drug-likeness (QED) is 0.490. The van der Waals surface area contributed by atoms with E-state index in [2.05, 4.69) is 10.3 Å². The molecular formula is C8H14N2O2. The molecule has 1 N–H and O–H groups in total. The van der Waals surface area contributed by atoms with E-state index in [1.807, 2.05) is 13.8 Å². The molecule has 0 bridgehead atoms. The van der Waals surface area contributed by atoms with E-state index in [0.717, 1.165) is 6.42 Å². The fraction of sp³-hybridized carbons (Fsp3) is 0.750. The molecule has 0 aromatic rings. The van der Waals surface area contributed by atoms with Crippen molar-refractivity contribution < 1.29 is 9.59 Å². The summed E-state index contributed by atoms with van der Waals surface area (Å²) in [6.07, 6.45) is 2.82. The van der Waals surface area contributed by atoms with Gasteiger partial charge >= 0.3 is 0 Å². The Morgan fingerprint density at radius 2 is 2.33 bits per heavy atom. The minimum atomic E-state index is -0.0663. The van der Waals surface area contributed by atoms with Crippen LogP contribution in [-0.2, 0) is 9.59 Å². The minimum Gasteiger partial charge on any atom is -0.336 e. The first kappa shape index (κ1) is 10.8. The first-order chi connectivity index (χ1) is 5.70. The van der Waals surface area contributed by atoms with Crippen molar-refractivity contribution in [3.8, 4) is 0 Å². The van der Waals surface area contributed by atoms with Crippen molar-refractivity contribution >= 4 is 12.0 Å². The fourth-order valence-electron chi connectivity index (χ4n) is 0.693. The molecule has 4 heteroatoms. The van der Waals surface area contributed by atoms with Crippen molar-refractivity contribution in [3.63, 3.8) is 0 Å². The molecule has 0 aromatic carbocycles. The number of carbonyl (C=O) groups excluding carboxylic acids is 2. The van der Waals surface area contributed by atoms with Crippen LogP contribution in [0.3, 0.4) is 0 Å². The van der Waals surface area contributed by atoms with Crippen molar-refractivity contribution in [2.24, 2.45) is 10.9 Å². The second-order valence-corrected chi connectivity index (χ2v) is 2.73. The Bertz CT molecular complexity index is 185. The van der Waals surface area contributed by atoms with Crippen LogP contribution >= 0.6 is 0 Å². The number of rotatable bonds is 5. The van der Waals surface area contributed by atoms with Gasteiger partial charge in [0.1, 0.15) is 6.67 Å². The highest BCUT2D eigenvalue weighted by atomic mass is 16.1. The summed E-state index contributed by atoms with van der Waals surface area (Å²) >= 11 is 0. The van der Waals surface area contributed by atoms with Crippen LogP contribution in [0.1, 0.15) is 26.7 Å². The molecule has 0 heterocycles. The van der Waals surface area contributed by atoms with E-state index in [4.69, 9.17) is 0 Å². The lowest BCUT2D eigenvalue weighted by Gasteiger charge is -2.06. The molecule has 0 aliphatic heterocycles. The standard InChI is InChI=1S/C8H14N2O2/c1-3-7(2)4-8(12)10-5-9-6-11/h7H,3-5H2,1-2H3,(H,10,12). The molecule has 0 fully saturated rings. The maximum Gasteiger partial charge on any atom is 0.236 e. The highest BCUT2D eigenvalue weighted by molar-refractivity contribution is 5.76. The van der Waals surface area contributed by atoms with Gasteiger partial charge in [0, 0.05) is 6.42 Å². The second kappa shape index (κ2) is 6.55. The molecule has 0 spiro atoms. The molecule has 68 valence electrons. The van der Waals surface area contributed by atoms with Crippen molar-refractivity contribution in [2.45, 2.75) is 26.7 Å². The van der Waals surface area contributed by atoms with E-state index < -0.39 is 0 Å². The summed E-state index contributed by atoms with van der Waals surface area (Å²) in [5, 5.41) is 2.48. The molecule has 12 heavy (non-hydrogen) atoms. The largest absolute Gasteiger partial charge is 0.336 e. The van der Waals surface area contributed by atoms with Gasteiger partial charge in [0.25, 0.3) is 0 Å². The number of amides is 1. The maximum atomic E-state index is 11.0. The lowest BCUT2D eigenvalue weighted by molar-refractivity contribution is -0.121. The van der Waals surface area contributed by atoms with Gasteiger partial charge in [-0.15, -0.1) is 0 Å². The zero-order chi connectivity index (χ0) is 9.40. The van der Waals surface area contributed by atoms with E-state index in [-0.39, 0.29) is 12.6 Å². The van der Waals surface area contributed by atoms with Crippen molar-refractivity contribution in [2.75, 3.05) is 6.67 Å². The highest BCUT2D eigenvalue weighted by Crippen LogP contribution is 2.04. The lowest BCUT2D eigenvalue weighted by atomic mass is 10.1. The van der Waals surface area contributed by atoms with Gasteiger partial charge in [-0.1, -0.05) is 20.3 Å². The van der Waals surface area contributed by atoms with Gasteiger partial charge in [0.15, 0.2) is 0 Å². The molecule has 4 nitrogen and oxygen atoms in total. The third kappa shape index (κ3) is 5.62. The predicted molar refractivity (Wildman–Crippen MR) is 45.2 cm³/mol. The minimum absolute atomic E-state index is 0.0404. The van der Waals surface area contributed by atoms with Gasteiger partial charge in [0.2, 0.25) is 12.0 Å². The topological polar surface area (TPSA) is 58.5 Å². The zero-order valence-electron chi connectivity index (χ0n) is 7.46. The maximum absolute atomic E-state index is 11.0. The van der Waals surface area contributed by atoms with Gasteiger partial charge in [0.05, 0.1) is 0 Å². The second-order valence-electron chi connectivity index (χ2n) is 2.73. The Labute approximate surface area is 72.1 Å². The molecule has 0 saturated carbocycles. The van der Waals surface area contributed by atoms with Crippen LogP contribution in [-0.4, -0.2) is 18.7 Å². The van der Waals surface area contributed by atoms with Crippen molar-refractivity contribution in [1.82, 2.24) is 5.32 Å². The van der Waals surface area contributed by atoms with Crippen LogP contribution in [0.4, 0.5) is 0 Å². The van der Waals surface area contributed by atoms with Gasteiger partial charge in [-0.3, -0.25) is 4.79 Å². The molecule has 1 unspecified atom stereocenters. The number of nitrogens with zero attached hydrogens (tertiary/aromatic N) is 1. The summed E-state index contributed by atoms with van der Waals surface area (Å²) in [5.41, 5.74) is 0. The van der Waals surface area contributed by atoms with E-state index >= 15 is 0 Å². The fourth-order valence-corrected chi connectivity index (χ4v) is 0.693.